The largest absolute Gasteiger partial charge is 0.446 e. The SMILES string of the molecule is O=C(CF)Nc1ccc(SC(F)(F)F)cc1. The highest BCUT2D eigenvalue weighted by atomic mass is 32.2. The van der Waals surface area contributed by atoms with Crippen molar-refractivity contribution in [2.45, 2.75) is 10.4 Å². The van der Waals surface area contributed by atoms with E-state index in [4.69, 9.17) is 0 Å². The monoisotopic (exact) mass is 253 g/mol. The topological polar surface area (TPSA) is 29.1 Å². The van der Waals surface area contributed by atoms with Crippen molar-refractivity contribution in [2.75, 3.05) is 12.0 Å². The van der Waals surface area contributed by atoms with Crippen LogP contribution in [0, 0.1) is 0 Å². The molecule has 1 N–H and O–H groups in total. The number of thioether (sulfide) groups is 1. The lowest BCUT2D eigenvalue weighted by atomic mass is 10.3. The maximum absolute atomic E-state index is 12.0. The maximum Gasteiger partial charge on any atom is 0.446 e. The summed E-state index contributed by atoms with van der Waals surface area (Å²) in [6.45, 7) is -1.17. The summed E-state index contributed by atoms with van der Waals surface area (Å²) >= 11 is -0.253. The molecule has 0 atom stereocenters. The Labute approximate surface area is 93.0 Å². The van der Waals surface area contributed by atoms with E-state index in [1.165, 1.54) is 24.3 Å². The fourth-order valence-electron chi connectivity index (χ4n) is 0.934. The third-order valence-electron chi connectivity index (χ3n) is 1.49. The molecule has 16 heavy (non-hydrogen) atoms. The number of alkyl halides is 4. The standard InChI is InChI=1S/C9H7F4NOS/c10-5-8(15)14-6-1-3-7(4-2-6)16-9(11,12)13/h1-4H,5H2,(H,14,15). The lowest BCUT2D eigenvalue weighted by Gasteiger charge is -2.06. The molecule has 1 aromatic rings. The summed E-state index contributed by atoms with van der Waals surface area (Å²) < 4.78 is 47.7. The number of benzene rings is 1. The van der Waals surface area contributed by atoms with Crippen molar-refractivity contribution in [1.29, 1.82) is 0 Å². The summed E-state index contributed by atoms with van der Waals surface area (Å²) in [5, 5.41) is 2.18. The first-order valence-electron chi connectivity index (χ1n) is 4.12. The van der Waals surface area contributed by atoms with E-state index in [1.54, 1.807) is 0 Å². The van der Waals surface area contributed by atoms with Crippen LogP contribution in [0.25, 0.3) is 0 Å². The zero-order chi connectivity index (χ0) is 12.2. The summed E-state index contributed by atoms with van der Waals surface area (Å²) in [4.78, 5) is 10.6. The van der Waals surface area contributed by atoms with Crippen LogP contribution in [0.2, 0.25) is 0 Å². The molecule has 0 fully saturated rings. The molecule has 88 valence electrons. The van der Waals surface area contributed by atoms with E-state index >= 15 is 0 Å². The number of nitrogens with one attached hydrogen (secondary N) is 1. The zero-order valence-electron chi connectivity index (χ0n) is 7.84. The summed E-state index contributed by atoms with van der Waals surface area (Å²) in [5.74, 6) is -0.837. The zero-order valence-corrected chi connectivity index (χ0v) is 8.66. The van der Waals surface area contributed by atoms with Gasteiger partial charge in [-0.15, -0.1) is 0 Å². The summed E-state index contributed by atoms with van der Waals surface area (Å²) in [6, 6.07) is 4.96. The first-order chi connectivity index (χ1) is 7.40. The predicted molar refractivity (Wildman–Crippen MR) is 53.0 cm³/mol. The van der Waals surface area contributed by atoms with Gasteiger partial charge in [0.05, 0.1) is 0 Å². The second-order valence-corrected chi connectivity index (χ2v) is 3.89. The minimum absolute atomic E-state index is 0.00532. The second kappa shape index (κ2) is 5.20. The molecular formula is C9H7F4NOS. The van der Waals surface area contributed by atoms with Gasteiger partial charge in [0.2, 0.25) is 0 Å². The van der Waals surface area contributed by atoms with Crippen LogP contribution in [-0.2, 0) is 4.79 Å². The average Bonchev–Trinajstić information content (AvgIpc) is 2.18. The van der Waals surface area contributed by atoms with Crippen LogP contribution in [0.1, 0.15) is 0 Å². The van der Waals surface area contributed by atoms with E-state index in [0.717, 1.165) is 0 Å². The Morgan fingerprint density at radius 2 is 1.81 bits per heavy atom. The Kier molecular flexibility index (Phi) is 4.17. The number of rotatable bonds is 3. The van der Waals surface area contributed by atoms with E-state index in [9.17, 15) is 22.4 Å². The van der Waals surface area contributed by atoms with Gasteiger partial charge in [0.25, 0.3) is 5.91 Å². The minimum Gasteiger partial charge on any atom is -0.324 e. The van der Waals surface area contributed by atoms with Gasteiger partial charge in [0.1, 0.15) is 0 Å². The van der Waals surface area contributed by atoms with Crippen LogP contribution in [-0.4, -0.2) is 18.1 Å². The van der Waals surface area contributed by atoms with E-state index in [1.807, 2.05) is 0 Å². The van der Waals surface area contributed by atoms with Crippen molar-refractivity contribution in [3.05, 3.63) is 24.3 Å². The van der Waals surface area contributed by atoms with Crippen molar-refractivity contribution < 1.29 is 22.4 Å². The van der Waals surface area contributed by atoms with Gasteiger partial charge >= 0.3 is 5.51 Å². The number of amides is 1. The van der Waals surface area contributed by atoms with Gasteiger partial charge < -0.3 is 5.32 Å². The van der Waals surface area contributed by atoms with Gasteiger partial charge in [0, 0.05) is 10.6 Å². The quantitative estimate of drug-likeness (QED) is 0.662. The van der Waals surface area contributed by atoms with Gasteiger partial charge in [-0.1, -0.05) is 0 Å². The van der Waals surface area contributed by atoms with E-state index < -0.39 is 18.1 Å². The molecule has 1 amide bonds. The van der Waals surface area contributed by atoms with E-state index in [0.29, 0.717) is 0 Å². The van der Waals surface area contributed by atoms with E-state index in [-0.39, 0.29) is 22.3 Å². The number of carbonyl (C=O) groups is 1. The van der Waals surface area contributed by atoms with Gasteiger partial charge in [-0.25, -0.2) is 4.39 Å². The van der Waals surface area contributed by atoms with Crippen LogP contribution < -0.4 is 5.32 Å². The Hall–Kier alpha value is -1.24. The molecule has 0 aliphatic heterocycles. The first kappa shape index (κ1) is 12.8. The Morgan fingerprint density at radius 1 is 1.25 bits per heavy atom. The molecular weight excluding hydrogens is 246 g/mol. The van der Waals surface area contributed by atoms with Crippen molar-refractivity contribution >= 4 is 23.4 Å². The number of halogens is 4. The van der Waals surface area contributed by atoms with E-state index in [2.05, 4.69) is 5.32 Å². The highest BCUT2D eigenvalue weighted by molar-refractivity contribution is 8.00. The van der Waals surface area contributed by atoms with Gasteiger partial charge in [-0.05, 0) is 36.0 Å². The van der Waals surface area contributed by atoms with Crippen LogP contribution in [0.4, 0.5) is 23.2 Å². The van der Waals surface area contributed by atoms with Crippen molar-refractivity contribution in [3.63, 3.8) is 0 Å². The predicted octanol–water partition coefficient (Wildman–Crippen LogP) is 3.21. The van der Waals surface area contributed by atoms with Crippen molar-refractivity contribution in [3.8, 4) is 0 Å². The molecule has 0 radical (unpaired) electrons. The fourth-order valence-corrected chi connectivity index (χ4v) is 1.47. The molecule has 0 saturated heterocycles. The lowest BCUT2D eigenvalue weighted by Crippen LogP contribution is -2.12. The van der Waals surface area contributed by atoms with Crippen LogP contribution in [0.15, 0.2) is 29.2 Å². The third kappa shape index (κ3) is 4.52. The highest BCUT2D eigenvalue weighted by Crippen LogP contribution is 2.36. The molecule has 7 heteroatoms. The number of carbonyl (C=O) groups excluding carboxylic acids is 1. The Bertz CT molecular complexity index is 363. The molecule has 0 spiro atoms. The molecule has 0 bridgehead atoms. The smallest absolute Gasteiger partial charge is 0.324 e. The number of anilines is 1. The Morgan fingerprint density at radius 3 is 2.25 bits per heavy atom. The first-order valence-corrected chi connectivity index (χ1v) is 4.94. The fraction of sp³-hybridized carbons (Fsp3) is 0.222. The maximum atomic E-state index is 12.0. The third-order valence-corrected chi connectivity index (χ3v) is 2.23. The molecule has 0 aliphatic carbocycles. The van der Waals surface area contributed by atoms with Crippen LogP contribution >= 0.6 is 11.8 Å². The van der Waals surface area contributed by atoms with Crippen molar-refractivity contribution in [1.82, 2.24) is 0 Å². The molecule has 1 rings (SSSR count). The van der Waals surface area contributed by atoms with Crippen molar-refractivity contribution in [2.24, 2.45) is 0 Å². The summed E-state index contributed by atoms with van der Waals surface area (Å²) in [5.41, 5.74) is -4.09. The molecule has 0 heterocycles. The Balaban J connectivity index is 2.64. The lowest BCUT2D eigenvalue weighted by molar-refractivity contribution is -0.117. The van der Waals surface area contributed by atoms with Gasteiger partial charge in [-0.2, -0.15) is 13.2 Å². The number of hydrogen-bond acceptors (Lipinski definition) is 2. The molecule has 2 nitrogen and oxygen atoms in total. The summed E-state index contributed by atoms with van der Waals surface area (Å²) in [7, 11) is 0. The number of hydrogen-bond donors (Lipinski definition) is 1. The molecule has 1 aromatic carbocycles. The molecule has 0 aliphatic rings. The molecule has 0 aromatic heterocycles. The minimum atomic E-state index is -4.34. The van der Waals surface area contributed by atoms with Crippen LogP contribution in [0.3, 0.4) is 0 Å². The average molecular weight is 253 g/mol. The highest BCUT2D eigenvalue weighted by Gasteiger charge is 2.28. The van der Waals surface area contributed by atoms with Gasteiger partial charge in [-0.3, -0.25) is 4.79 Å². The molecule has 0 saturated carbocycles. The summed E-state index contributed by atoms with van der Waals surface area (Å²) in [6.07, 6.45) is 0. The van der Waals surface area contributed by atoms with Crippen LogP contribution in [0.5, 0.6) is 0 Å². The normalized spacial score (nSPS) is 11.2. The molecule has 0 unspecified atom stereocenters. The second-order valence-electron chi connectivity index (χ2n) is 2.75. The van der Waals surface area contributed by atoms with Gasteiger partial charge in [0.15, 0.2) is 6.67 Å².